The van der Waals surface area contributed by atoms with Crippen LogP contribution in [0.1, 0.15) is 5.56 Å². The van der Waals surface area contributed by atoms with Crippen molar-refractivity contribution in [3.63, 3.8) is 0 Å². The van der Waals surface area contributed by atoms with Gasteiger partial charge in [0.1, 0.15) is 11.6 Å². The van der Waals surface area contributed by atoms with Gasteiger partial charge in [-0.2, -0.15) is 5.26 Å². The second-order valence-electron chi connectivity index (χ2n) is 3.01. The van der Waals surface area contributed by atoms with Crippen LogP contribution < -0.4 is 5.32 Å². The SMILES string of the molecule is N#CC1=C(c2ccccc2)CNC1=O. The van der Waals surface area contributed by atoms with Gasteiger partial charge in [-0.25, -0.2) is 0 Å². The molecule has 68 valence electrons. The van der Waals surface area contributed by atoms with Crippen LogP contribution in [0.15, 0.2) is 35.9 Å². The lowest BCUT2D eigenvalue weighted by Gasteiger charge is -1.99. The lowest BCUT2D eigenvalue weighted by molar-refractivity contribution is -0.116. The third-order valence-corrected chi connectivity index (χ3v) is 2.19. The molecule has 1 aliphatic heterocycles. The summed E-state index contributed by atoms with van der Waals surface area (Å²) in [6.45, 7) is 0.450. The summed E-state index contributed by atoms with van der Waals surface area (Å²) in [5.41, 5.74) is 1.96. The molecule has 0 bridgehead atoms. The van der Waals surface area contributed by atoms with Gasteiger partial charge in [0, 0.05) is 12.1 Å². The van der Waals surface area contributed by atoms with Gasteiger partial charge in [0.25, 0.3) is 5.91 Å². The molecule has 0 aliphatic carbocycles. The highest BCUT2D eigenvalue weighted by Gasteiger charge is 2.22. The molecule has 0 aromatic heterocycles. The molecule has 1 aliphatic rings. The Balaban J connectivity index is 2.50. The maximum absolute atomic E-state index is 11.2. The average Bonchev–Trinajstić information content (AvgIpc) is 2.61. The van der Waals surface area contributed by atoms with Crippen LogP contribution in [-0.4, -0.2) is 12.5 Å². The van der Waals surface area contributed by atoms with Crippen molar-refractivity contribution < 1.29 is 4.79 Å². The van der Waals surface area contributed by atoms with E-state index in [0.29, 0.717) is 6.54 Å². The van der Waals surface area contributed by atoms with Gasteiger partial charge in [-0.15, -0.1) is 0 Å². The number of carbonyl (C=O) groups excluding carboxylic acids is 1. The molecule has 1 aromatic rings. The molecule has 1 amide bonds. The fourth-order valence-corrected chi connectivity index (χ4v) is 1.49. The topological polar surface area (TPSA) is 52.9 Å². The number of rotatable bonds is 1. The van der Waals surface area contributed by atoms with Gasteiger partial charge in [0.15, 0.2) is 0 Å². The molecule has 0 saturated carbocycles. The van der Waals surface area contributed by atoms with E-state index in [0.717, 1.165) is 11.1 Å². The molecule has 0 spiro atoms. The number of hydrogen-bond donors (Lipinski definition) is 1. The Morgan fingerprint density at radius 2 is 2.00 bits per heavy atom. The van der Waals surface area contributed by atoms with Gasteiger partial charge in [0.05, 0.1) is 0 Å². The molecule has 0 fully saturated rings. The van der Waals surface area contributed by atoms with Gasteiger partial charge in [-0.1, -0.05) is 30.3 Å². The van der Waals surface area contributed by atoms with Crippen LogP contribution in [-0.2, 0) is 4.79 Å². The molecule has 0 saturated heterocycles. The Kier molecular flexibility index (Phi) is 2.04. The molecule has 0 radical (unpaired) electrons. The molecule has 1 N–H and O–H groups in total. The zero-order valence-corrected chi connectivity index (χ0v) is 7.45. The van der Waals surface area contributed by atoms with E-state index in [1.807, 2.05) is 36.4 Å². The van der Waals surface area contributed by atoms with Gasteiger partial charge < -0.3 is 5.32 Å². The number of amides is 1. The van der Waals surface area contributed by atoms with Crippen molar-refractivity contribution in [2.45, 2.75) is 0 Å². The minimum atomic E-state index is -0.272. The second kappa shape index (κ2) is 3.35. The normalized spacial score (nSPS) is 15.2. The number of nitrogens with one attached hydrogen (secondary N) is 1. The number of carbonyl (C=O) groups is 1. The maximum Gasteiger partial charge on any atom is 0.262 e. The second-order valence-corrected chi connectivity index (χ2v) is 3.01. The van der Waals surface area contributed by atoms with Crippen LogP contribution in [0.4, 0.5) is 0 Å². The van der Waals surface area contributed by atoms with E-state index in [1.54, 1.807) is 0 Å². The molecule has 1 aromatic carbocycles. The van der Waals surface area contributed by atoms with E-state index in [4.69, 9.17) is 5.26 Å². The van der Waals surface area contributed by atoms with Gasteiger partial charge in [-0.05, 0) is 5.56 Å². The first-order chi connectivity index (χ1) is 6.83. The van der Waals surface area contributed by atoms with E-state index >= 15 is 0 Å². The van der Waals surface area contributed by atoms with Crippen molar-refractivity contribution in [2.24, 2.45) is 0 Å². The molecule has 3 heteroatoms. The van der Waals surface area contributed by atoms with Crippen molar-refractivity contribution >= 4 is 11.5 Å². The Labute approximate surface area is 81.7 Å². The number of nitrogens with zero attached hydrogens (tertiary/aromatic N) is 1. The highest BCUT2D eigenvalue weighted by Crippen LogP contribution is 2.21. The lowest BCUT2D eigenvalue weighted by Crippen LogP contribution is -2.16. The Hall–Kier alpha value is -2.08. The van der Waals surface area contributed by atoms with Crippen LogP contribution in [0.3, 0.4) is 0 Å². The smallest absolute Gasteiger partial charge is 0.262 e. The van der Waals surface area contributed by atoms with E-state index < -0.39 is 0 Å². The minimum absolute atomic E-state index is 0.233. The first-order valence-electron chi connectivity index (χ1n) is 4.30. The first kappa shape index (κ1) is 8.52. The zero-order chi connectivity index (χ0) is 9.97. The van der Waals surface area contributed by atoms with Gasteiger partial charge >= 0.3 is 0 Å². The quantitative estimate of drug-likeness (QED) is 0.710. The molecule has 1 heterocycles. The average molecular weight is 184 g/mol. The summed E-state index contributed by atoms with van der Waals surface area (Å²) < 4.78 is 0. The van der Waals surface area contributed by atoms with Crippen LogP contribution in [0.25, 0.3) is 5.57 Å². The van der Waals surface area contributed by atoms with Crippen molar-refractivity contribution in [3.8, 4) is 6.07 Å². The standard InChI is InChI=1S/C11H8N2O/c12-6-9-10(7-13-11(9)14)8-4-2-1-3-5-8/h1-5H,7H2,(H,13,14). The third kappa shape index (κ3) is 1.27. The predicted molar refractivity (Wildman–Crippen MR) is 52.0 cm³/mol. The van der Waals surface area contributed by atoms with Gasteiger partial charge in [-0.3, -0.25) is 4.79 Å². The van der Waals surface area contributed by atoms with Crippen LogP contribution in [0, 0.1) is 11.3 Å². The summed E-state index contributed by atoms with van der Waals surface area (Å²) >= 11 is 0. The van der Waals surface area contributed by atoms with Crippen molar-refractivity contribution in [1.82, 2.24) is 5.32 Å². The fourth-order valence-electron chi connectivity index (χ4n) is 1.49. The van der Waals surface area contributed by atoms with E-state index in [9.17, 15) is 4.79 Å². The Morgan fingerprint density at radius 3 is 2.64 bits per heavy atom. The summed E-state index contributed by atoms with van der Waals surface area (Å²) in [6, 6.07) is 11.4. The van der Waals surface area contributed by atoms with E-state index in [-0.39, 0.29) is 11.5 Å². The Morgan fingerprint density at radius 1 is 1.29 bits per heavy atom. The summed E-state index contributed by atoms with van der Waals surface area (Å²) in [5, 5.41) is 11.4. The molecule has 2 rings (SSSR count). The molecule has 0 atom stereocenters. The van der Waals surface area contributed by atoms with Crippen LogP contribution in [0.5, 0.6) is 0 Å². The molecule has 0 unspecified atom stereocenters. The minimum Gasteiger partial charge on any atom is -0.347 e. The van der Waals surface area contributed by atoms with Crippen molar-refractivity contribution in [3.05, 3.63) is 41.5 Å². The van der Waals surface area contributed by atoms with Crippen LogP contribution >= 0.6 is 0 Å². The summed E-state index contributed by atoms with van der Waals surface area (Å²) in [5.74, 6) is -0.272. The maximum atomic E-state index is 11.2. The zero-order valence-electron chi connectivity index (χ0n) is 7.45. The number of hydrogen-bond acceptors (Lipinski definition) is 2. The number of benzene rings is 1. The molecule has 3 nitrogen and oxygen atoms in total. The largest absolute Gasteiger partial charge is 0.347 e. The fraction of sp³-hybridized carbons (Fsp3) is 0.0909. The molecular weight excluding hydrogens is 176 g/mol. The third-order valence-electron chi connectivity index (χ3n) is 2.19. The monoisotopic (exact) mass is 184 g/mol. The predicted octanol–water partition coefficient (Wildman–Crippen LogP) is 1.09. The highest BCUT2D eigenvalue weighted by molar-refractivity contribution is 6.09. The Bertz CT molecular complexity index is 440. The molecule has 14 heavy (non-hydrogen) atoms. The number of nitriles is 1. The molecular formula is C11H8N2O. The van der Waals surface area contributed by atoms with Gasteiger partial charge in [0.2, 0.25) is 0 Å². The van der Waals surface area contributed by atoms with Crippen LogP contribution in [0.2, 0.25) is 0 Å². The van der Waals surface area contributed by atoms with Crippen molar-refractivity contribution in [1.29, 1.82) is 5.26 Å². The first-order valence-corrected chi connectivity index (χ1v) is 4.30. The summed E-state index contributed by atoms with van der Waals surface area (Å²) in [7, 11) is 0. The van der Waals surface area contributed by atoms with Crippen molar-refractivity contribution in [2.75, 3.05) is 6.54 Å². The lowest BCUT2D eigenvalue weighted by atomic mass is 10.0. The highest BCUT2D eigenvalue weighted by atomic mass is 16.1. The summed E-state index contributed by atoms with van der Waals surface area (Å²) in [6.07, 6.45) is 0. The summed E-state index contributed by atoms with van der Waals surface area (Å²) in [4.78, 5) is 11.2. The van der Waals surface area contributed by atoms with E-state index in [1.165, 1.54) is 0 Å². The van der Waals surface area contributed by atoms with E-state index in [2.05, 4.69) is 5.32 Å².